The molecule has 0 spiro atoms. The molecule has 0 fully saturated rings. The van der Waals surface area contributed by atoms with Crippen LogP contribution in [-0.2, 0) is 15.1 Å². The Hall–Kier alpha value is -2.06. The lowest BCUT2D eigenvalue weighted by Crippen LogP contribution is -2.47. The van der Waals surface area contributed by atoms with Gasteiger partial charge >= 0.3 is 5.97 Å². The molecule has 1 atom stereocenters. The lowest BCUT2D eigenvalue weighted by atomic mass is 9.91. The molecule has 5 heteroatoms. The number of ether oxygens (including phenoxy) is 1. The van der Waals surface area contributed by atoms with E-state index in [1.807, 2.05) is 20.8 Å². The van der Waals surface area contributed by atoms with Gasteiger partial charge in [0.05, 0.1) is 17.3 Å². The summed E-state index contributed by atoms with van der Waals surface area (Å²) in [6, 6.07) is 7.25. The smallest absolute Gasteiger partial charge is 0.333 e. The number of nitrogens with one attached hydrogen (secondary N) is 2. The predicted molar refractivity (Wildman–Crippen MR) is 71.1 cm³/mol. The largest absolute Gasteiger partial charge is 0.458 e. The van der Waals surface area contributed by atoms with E-state index in [4.69, 9.17) is 10.00 Å². The number of nitrogens with zero attached hydrogens (tertiary/aromatic N) is 1. The third-order valence-corrected chi connectivity index (χ3v) is 2.94. The van der Waals surface area contributed by atoms with Gasteiger partial charge in [-0.1, -0.05) is 0 Å². The lowest BCUT2D eigenvalue weighted by molar-refractivity contribution is -0.162. The van der Waals surface area contributed by atoms with Gasteiger partial charge in [-0.05, 0) is 45.9 Å². The van der Waals surface area contributed by atoms with E-state index in [2.05, 4.69) is 16.9 Å². The predicted octanol–water partition coefficient (Wildman–Crippen LogP) is 2.05. The molecule has 0 radical (unpaired) electrons. The van der Waals surface area contributed by atoms with Gasteiger partial charge in [-0.15, -0.1) is 0 Å². The van der Waals surface area contributed by atoms with E-state index in [0.29, 0.717) is 5.56 Å². The van der Waals surface area contributed by atoms with E-state index in [0.717, 1.165) is 11.3 Å². The number of benzene rings is 1. The molecule has 1 aliphatic heterocycles. The first-order valence-electron chi connectivity index (χ1n) is 6.07. The van der Waals surface area contributed by atoms with Gasteiger partial charge in [0, 0.05) is 5.56 Å². The van der Waals surface area contributed by atoms with Gasteiger partial charge in [-0.2, -0.15) is 5.26 Å². The molecule has 0 amide bonds. The van der Waals surface area contributed by atoms with Crippen molar-refractivity contribution in [2.75, 3.05) is 5.43 Å². The first-order valence-corrected chi connectivity index (χ1v) is 6.07. The van der Waals surface area contributed by atoms with E-state index >= 15 is 0 Å². The van der Waals surface area contributed by atoms with Crippen molar-refractivity contribution in [1.29, 1.82) is 5.26 Å². The van der Waals surface area contributed by atoms with E-state index in [1.54, 1.807) is 25.1 Å². The summed E-state index contributed by atoms with van der Waals surface area (Å²) >= 11 is 0. The molecule has 5 nitrogen and oxygen atoms in total. The number of esters is 1. The molecule has 1 aromatic carbocycles. The van der Waals surface area contributed by atoms with Gasteiger partial charge in [0.15, 0.2) is 5.54 Å². The first kappa shape index (κ1) is 13.4. The van der Waals surface area contributed by atoms with Gasteiger partial charge < -0.3 is 10.2 Å². The average Bonchev–Trinajstić information content (AvgIpc) is 2.66. The molecule has 0 aliphatic carbocycles. The van der Waals surface area contributed by atoms with Gasteiger partial charge in [0.1, 0.15) is 5.60 Å². The van der Waals surface area contributed by atoms with Crippen LogP contribution in [0.3, 0.4) is 0 Å². The molecule has 0 saturated heterocycles. The number of rotatable bonds is 1. The summed E-state index contributed by atoms with van der Waals surface area (Å²) in [7, 11) is 0. The van der Waals surface area contributed by atoms with Crippen molar-refractivity contribution in [3.05, 3.63) is 29.3 Å². The highest BCUT2D eigenvalue weighted by molar-refractivity contribution is 5.87. The Morgan fingerprint density at radius 3 is 2.68 bits per heavy atom. The summed E-state index contributed by atoms with van der Waals surface area (Å²) in [6.45, 7) is 7.21. The maximum Gasteiger partial charge on any atom is 0.333 e. The van der Waals surface area contributed by atoms with Gasteiger partial charge in [0.2, 0.25) is 0 Å². The van der Waals surface area contributed by atoms with Gasteiger partial charge in [0.25, 0.3) is 0 Å². The maximum atomic E-state index is 12.3. The molecule has 2 N–H and O–H groups in total. The van der Waals surface area contributed by atoms with Crippen LogP contribution in [0.25, 0.3) is 0 Å². The zero-order valence-electron chi connectivity index (χ0n) is 11.5. The topological polar surface area (TPSA) is 74.2 Å². The Labute approximate surface area is 112 Å². The fourth-order valence-corrected chi connectivity index (χ4v) is 1.94. The van der Waals surface area contributed by atoms with E-state index in [9.17, 15) is 4.79 Å². The molecule has 1 heterocycles. The van der Waals surface area contributed by atoms with E-state index < -0.39 is 11.1 Å². The van der Waals surface area contributed by atoms with Crippen molar-refractivity contribution in [3.8, 4) is 6.07 Å². The summed E-state index contributed by atoms with van der Waals surface area (Å²) in [4.78, 5) is 12.3. The van der Waals surface area contributed by atoms with Crippen molar-refractivity contribution in [2.45, 2.75) is 38.8 Å². The Kier molecular flexibility index (Phi) is 2.99. The van der Waals surface area contributed by atoms with E-state index in [1.165, 1.54) is 0 Å². The van der Waals surface area contributed by atoms with Crippen LogP contribution in [0.1, 0.15) is 38.8 Å². The highest BCUT2D eigenvalue weighted by atomic mass is 16.6. The third kappa shape index (κ3) is 2.40. The Balaban J connectivity index is 2.39. The summed E-state index contributed by atoms with van der Waals surface area (Å²) in [6.07, 6.45) is 0. The molecular weight excluding hydrogens is 242 g/mol. The molecule has 0 saturated carbocycles. The first-order chi connectivity index (χ1) is 8.76. The number of carbonyl (C=O) groups is 1. The van der Waals surface area contributed by atoms with Crippen LogP contribution < -0.4 is 10.9 Å². The van der Waals surface area contributed by atoms with Crippen molar-refractivity contribution in [2.24, 2.45) is 0 Å². The van der Waals surface area contributed by atoms with Crippen molar-refractivity contribution >= 4 is 11.7 Å². The standard InChI is InChI=1S/C14H17N3O2/c1-13(2,3)19-12(18)14(4)10-7-9(8-15)5-6-11(10)16-17-14/h5-7,16-17H,1-4H3. The zero-order valence-corrected chi connectivity index (χ0v) is 11.5. The van der Waals surface area contributed by atoms with Gasteiger partial charge in [-0.3, -0.25) is 0 Å². The fourth-order valence-electron chi connectivity index (χ4n) is 1.94. The van der Waals surface area contributed by atoms with E-state index in [-0.39, 0.29) is 5.97 Å². The number of carbonyl (C=O) groups excluding carboxylic acids is 1. The van der Waals surface area contributed by atoms with Crippen LogP contribution in [-0.4, -0.2) is 11.6 Å². The number of hydrogen-bond acceptors (Lipinski definition) is 5. The molecule has 1 aliphatic rings. The van der Waals surface area contributed by atoms with Crippen LogP contribution >= 0.6 is 0 Å². The lowest BCUT2D eigenvalue weighted by Gasteiger charge is -2.28. The molecular formula is C14H17N3O2. The summed E-state index contributed by atoms with van der Waals surface area (Å²) in [5.41, 5.74) is 6.36. The molecule has 1 aromatic rings. The second-order valence-corrected chi connectivity index (χ2v) is 5.75. The fraction of sp³-hybridized carbons (Fsp3) is 0.429. The van der Waals surface area contributed by atoms with Crippen LogP contribution in [0.5, 0.6) is 0 Å². The normalized spacial score (nSPS) is 21.2. The van der Waals surface area contributed by atoms with Crippen LogP contribution in [0.4, 0.5) is 5.69 Å². The quantitative estimate of drug-likeness (QED) is 0.755. The minimum absolute atomic E-state index is 0.374. The zero-order chi connectivity index (χ0) is 14.3. The minimum Gasteiger partial charge on any atom is -0.458 e. The molecule has 1 unspecified atom stereocenters. The van der Waals surface area contributed by atoms with Crippen molar-refractivity contribution < 1.29 is 9.53 Å². The number of hydrazine groups is 1. The highest BCUT2D eigenvalue weighted by Gasteiger charge is 2.44. The molecule has 19 heavy (non-hydrogen) atoms. The van der Waals surface area contributed by atoms with Crippen LogP contribution in [0.2, 0.25) is 0 Å². The van der Waals surface area contributed by atoms with Crippen LogP contribution in [0, 0.1) is 11.3 Å². The third-order valence-electron chi connectivity index (χ3n) is 2.94. The minimum atomic E-state index is -0.991. The molecule has 100 valence electrons. The number of anilines is 1. The van der Waals surface area contributed by atoms with Gasteiger partial charge in [-0.25, -0.2) is 10.2 Å². The summed E-state index contributed by atoms with van der Waals surface area (Å²) in [5, 5.41) is 8.96. The Morgan fingerprint density at radius 2 is 2.11 bits per heavy atom. The average molecular weight is 259 g/mol. The molecule has 2 rings (SSSR count). The summed E-state index contributed by atoms with van der Waals surface area (Å²) < 4.78 is 5.43. The molecule has 0 aromatic heterocycles. The van der Waals surface area contributed by atoms with Crippen LogP contribution in [0.15, 0.2) is 18.2 Å². The monoisotopic (exact) mass is 259 g/mol. The second kappa shape index (κ2) is 4.25. The maximum absolute atomic E-state index is 12.3. The van der Waals surface area contributed by atoms with Crippen molar-refractivity contribution in [1.82, 2.24) is 5.43 Å². The second-order valence-electron chi connectivity index (χ2n) is 5.75. The number of hydrogen-bond donors (Lipinski definition) is 2. The summed E-state index contributed by atoms with van der Waals surface area (Å²) in [5.74, 6) is -0.374. The highest BCUT2D eigenvalue weighted by Crippen LogP contribution is 2.35. The Morgan fingerprint density at radius 1 is 1.42 bits per heavy atom. The number of nitriles is 1. The SMILES string of the molecule is CC(C)(C)OC(=O)C1(C)NNc2ccc(C#N)cc21. The van der Waals surface area contributed by atoms with Crippen molar-refractivity contribution in [3.63, 3.8) is 0 Å². The molecule has 0 bridgehead atoms. The Bertz CT molecular complexity index is 569. The number of fused-ring (bicyclic) bond motifs is 1.